The van der Waals surface area contributed by atoms with Gasteiger partial charge in [-0.2, -0.15) is 0 Å². The van der Waals surface area contributed by atoms with Gasteiger partial charge in [0.2, 0.25) is 5.91 Å². The number of carbonyl (C=O) groups is 1. The van der Waals surface area contributed by atoms with Crippen LogP contribution in [0.25, 0.3) is 0 Å². The maximum Gasteiger partial charge on any atom is 0.230 e. The van der Waals surface area contributed by atoms with E-state index >= 15 is 0 Å². The van der Waals surface area contributed by atoms with Crippen LogP contribution in [0.3, 0.4) is 0 Å². The van der Waals surface area contributed by atoms with E-state index < -0.39 is 0 Å². The van der Waals surface area contributed by atoms with Crippen LogP contribution in [0, 0.1) is 6.92 Å². The quantitative estimate of drug-likeness (QED) is 0.734. The minimum atomic E-state index is 0.0993. The van der Waals surface area contributed by atoms with Crippen LogP contribution in [-0.4, -0.2) is 48.9 Å². The molecule has 1 fully saturated rings. The first-order valence-electron chi connectivity index (χ1n) is 10.3. The molecule has 2 heterocycles. The van der Waals surface area contributed by atoms with Gasteiger partial charge in [-0.1, -0.05) is 24.3 Å². The summed E-state index contributed by atoms with van der Waals surface area (Å²) in [4.78, 5) is 15.9. The number of likely N-dealkylation sites (tertiary alicyclic amines) is 1. The summed E-state index contributed by atoms with van der Waals surface area (Å²) in [6, 6.07) is 14.7. The van der Waals surface area contributed by atoms with E-state index in [1.165, 1.54) is 22.9 Å². The average molecular weight is 413 g/mol. The molecule has 4 rings (SSSR count). The van der Waals surface area contributed by atoms with Crippen LogP contribution in [-0.2, 0) is 11.3 Å². The van der Waals surface area contributed by atoms with Crippen molar-refractivity contribution in [3.63, 3.8) is 0 Å². The fourth-order valence-corrected chi connectivity index (χ4v) is 4.53. The van der Waals surface area contributed by atoms with Gasteiger partial charge < -0.3 is 14.8 Å². The molecule has 1 saturated heterocycles. The second-order valence-electron chi connectivity index (χ2n) is 7.64. The van der Waals surface area contributed by atoms with Gasteiger partial charge in [-0.05, 0) is 49.1 Å². The summed E-state index contributed by atoms with van der Waals surface area (Å²) in [5.74, 6) is 2.07. The Morgan fingerprint density at radius 1 is 1.10 bits per heavy atom. The molecule has 0 aliphatic carbocycles. The normalized spacial score (nSPS) is 17.1. The monoisotopic (exact) mass is 412 g/mol. The van der Waals surface area contributed by atoms with Crippen molar-refractivity contribution >= 4 is 17.7 Å². The predicted molar refractivity (Wildman–Crippen MR) is 116 cm³/mol. The summed E-state index contributed by atoms with van der Waals surface area (Å²) in [5, 5.41) is 3.20. The highest BCUT2D eigenvalue weighted by Crippen LogP contribution is 2.34. The third kappa shape index (κ3) is 5.46. The molecule has 0 aromatic heterocycles. The molecule has 5 nitrogen and oxygen atoms in total. The average Bonchev–Trinajstić information content (AvgIpc) is 2.75. The molecule has 0 radical (unpaired) electrons. The number of piperidine rings is 1. The van der Waals surface area contributed by atoms with Crippen LogP contribution < -0.4 is 14.8 Å². The largest absolute Gasteiger partial charge is 0.486 e. The molecule has 1 amide bonds. The number of carbonyl (C=O) groups excluding carboxylic acids is 1. The Hall–Kier alpha value is -2.18. The van der Waals surface area contributed by atoms with E-state index in [2.05, 4.69) is 41.4 Å². The first-order valence-corrected chi connectivity index (χ1v) is 11.2. The SMILES string of the molecule is Cc1ccccc1CN1CCC(NC(=O)CSc2ccc3c(c2)OCCO3)CC1. The molecule has 0 bridgehead atoms. The summed E-state index contributed by atoms with van der Waals surface area (Å²) in [6.07, 6.45) is 2.01. The number of amides is 1. The molecule has 0 atom stereocenters. The van der Waals surface area contributed by atoms with Gasteiger partial charge in [0, 0.05) is 30.6 Å². The first kappa shape index (κ1) is 20.1. The third-order valence-corrected chi connectivity index (χ3v) is 6.49. The predicted octanol–water partition coefficient (Wildman–Crippen LogP) is 3.64. The zero-order valence-electron chi connectivity index (χ0n) is 16.9. The Bertz CT molecular complexity index is 850. The lowest BCUT2D eigenvalue weighted by Crippen LogP contribution is -2.44. The number of rotatable bonds is 6. The van der Waals surface area contributed by atoms with Gasteiger partial charge in [0.1, 0.15) is 13.2 Å². The van der Waals surface area contributed by atoms with Crippen molar-refractivity contribution in [3.8, 4) is 11.5 Å². The minimum absolute atomic E-state index is 0.0993. The fraction of sp³-hybridized carbons (Fsp3) is 0.435. The molecule has 2 aromatic rings. The van der Waals surface area contributed by atoms with Crippen LogP contribution in [0.4, 0.5) is 0 Å². The molecule has 29 heavy (non-hydrogen) atoms. The Morgan fingerprint density at radius 2 is 1.86 bits per heavy atom. The smallest absolute Gasteiger partial charge is 0.230 e. The molecule has 2 aliphatic heterocycles. The number of benzene rings is 2. The van der Waals surface area contributed by atoms with E-state index in [4.69, 9.17) is 9.47 Å². The Morgan fingerprint density at radius 3 is 2.66 bits per heavy atom. The number of hydrogen-bond donors (Lipinski definition) is 1. The highest BCUT2D eigenvalue weighted by Gasteiger charge is 2.21. The van der Waals surface area contributed by atoms with Crippen molar-refractivity contribution < 1.29 is 14.3 Å². The molecule has 0 unspecified atom stereocenters. The lowest BCUT2D eigenvalue weighted by Gasteiger charge is -2.32. The topological polar surface area (TPSA) is 50.8 Å². The van der Waals surface area contributed by atoms with Crippen molar-refractivity contribution in [2.45, 2.75) is 37.2 Å². The number of aryl methyl sites for hydroxylation is 1. The van der Waals surface area contributed by atoms with Crippen LogP contribution >= 0.6 is 11.8 Å². The van der Waals surface area contributed by atoms with Gasteiger partial charge in [-0.15, -0.1) is 11.8 Å². The number of fused-ring (bicyclic) bond motifs is 1. The molecular formula is C23H28N2O3S. The lowest BCUT2D eigenvalue weighted by atomic mass is 10.0. The molecule has 0 saturated carbocycles. The van der Waals surface area contributed by atoms with Gasteiger partial charge in [0.15, 0.2) is 11.5 Å². The Kier molecular flexibility index (Phi) is 6.62. The van der Waals surface area contributed by atoms with Crippen molar-refractivity contribution in [1.29, 1.82) is 0 Å². The number of nitrogens with one attached hydrogen (secondary N) is 1. The Balaban J connectivity index is 1.19. The molecule has 154 valence electrons. The van der Waals surface area contributed by atoms with Crippen LogP contribution in [0.15, 0.2) is 47.4 Å². The summed E-state index contributed by atoms with van der Waals surface area (Å²) in [7, 11) is 0. The van der Waals surface area contributed by atoms with Crippen LogP contribution in [0.5, 0.6) is 11.5 Å². The molecule has 0 spiro atoms. The van der Waals surface area contributed by atoms with Crippen molar-refractivity contribution in [1.82, 2.24) is 10.2 Å². The first-order chi connectivity index (χ1) is 14.2. The molecule has 2 aliphatic rings. The molecule has 6 heteroatoms. The van der Waals surface area contributed by atoms with Crippen molar-refractivity contribution in [2.24, 2.45) is 0 Å². The van der Waals surface area contributed by atoms with Crippen molar-refractivity contribution in [3.05, 3.63) is 53.6 Å². The van der Waals surface area contributed by atoms with E-state index in [-0.39, 0.29) is 11.9 Å². The number of nitrogens with zero attached hydrogens (tertiary/aromatic N) is 1. The third-order valence-electron chi connectivity index (χ3n) is 5.49. The van der Waals surface area contributed by atoms with E-state index in [0.29, 0.717) is 19.0 Å². The van der Waals surface area contributed by atoms with Gasteiger partial charge in [0.05, 0.1) is 5.75 Å². The number of thioether (sulfide) groups is 1. The van der Waals surface area contributed by atoms with Crippen LogP contribution in [0.2, 0.25) is 0 Å². The summed E-state index contributed by atoms with van der Waals surface area (Å²) in [6.45, 7) is 6.37. The summed E-state index contributed by atoms with van der Waals surface area (Å²) >= 11 is 1.54. The number of hydrogen-bond acceptors (Lipinski definition) is 5. The van der Waals surface area contributed by atoms with E-state index in [0.717, 1.165) is 48.9 Å². The van der Waals surface area contributed by atoms with E-state index in [1.807, 2.05) is 18.2 Å². The van der Waals surface area contributed by atoms with Gasteiger partial charge in [-0.25, -0.2) is 0 Å². The zero-order chi connectivity index (χ0) is 20.1. The van der Waals surface area contributed by atoms with E-state index in [1.54, 1.807) is 0 Å². The van der Waals surface area contributed by atoms with Gasteiger partial charge in [-0.3, -0.25) is 9.69 Å². The standard InChI is InChI=1S/C23H28N2O3S/c1-17-4-2-3-5-18(17)15-25-10-8-19(9-11-25)24-23(26)16-29-20-6-7-21-22(14-20)28-13-12-27-21/h2-7,14,19H,8-13,15-16H2,1H3,(H,24,26). The maximum atomic E-state index is 12.4. The molecular weight excluding hydrogens is 384 g/mol. The molecule has 1 N–H and O–H groups in total. The van der Waals surface area contributed by atoms with Gasteiger partial charge >= 0.3 is 0 Å². The molecule has 2 aromatic carbocycles. The van der Waals surface area contributed by atoms with Crippen LogP contribution in [0.1, 0.15) is 24.0 Å². The van der Waals surface area contributed by atoms with Gasteiger partial charge in [0.25, 0.3) is 0 Å². The van der Waals surface area contributed by atoms with Crippen molar-refractivity contribution in [2.75, 3.05) is 32.1 Å². The second-order valence-corrected chi connectivity index (χ2v) is 8.69. The highest BCUT2D eigenvalue weighted by atomic mass is 32.2. The zero-order valence-corrected chi connectivity index (χ0v) is 17.7. The maximum absolute atomic E-state index is 12.4. The lowest BCUT2D eigenvalue weighted by molar-refractivity contribution is -0.119. The second kappa shape index (κ2) is 9.55. The summed E-state index contributed by atoms with van der Waals surface area (Å²) < 4.78 is 11.1. The Labute approximate surface area is 176 Å². The number of ether oxygens (including phenoxy) is 2. The highest BCUT2D eigenvalue weighted by molar-refractivity contribution is 8.00. The van der Waals surface area contributed by atoms with E-state index in [9.17, 15) is 4.79 Å². The minimum Gasteiger partial charge on any atom is -0.486 e. The fourth-order valence-electron chi connectivity index (χ4n) is 3.80. The summed E-state index contributed by atoms with van der Waals surface area (Å²) in [5.41, 5.74) is 2.74.